The Hall–Kier alpha value is -0.540. The summed E-state index contributed by atoms with van der Waals surface area (Å²) < 4.78 is 1.01. The maximum Gasteiger partial charge on any atom is 0.227 e. The number of carbonyl (C=O) groups excluding carboxylic acids is 1. The molecule has 0 N–H and O–H groups in total. The molecule has 2 nitrogen and oxygen atoms in total. The number of rotatable bonds is 2. The van der Waals surface area contributed by atoms with Gasteiger partial charge in [0.15, 0.2) is 0 Å². The van der Waals surface area contributed by atoms with Gasteiger partial charge in [-0.25, -0.2) is 0 Å². The average molecular weight is 303 g/mol. The van der Waals surface area contributed by atoms with Crippen molar-refractivity contribution in [2.45, 2.75) is 18.2 Å². The molecule has 0 aliphatic carbocycles. The molecule has 1 saturated heterocycles. The predicted molar refractivity (Wildman–Crippen MR) is 68.7 cm³/mol. The van der Waals surface area contributed by atoms with Gasteiger partial charge in [-0.1, -0.05) is 28.1 Å². The van der Waals surface area contributed by atoms with Crippen molar-refractivity contribution in [1.82, 2.24) is 4.90 Å². The lowest BCUT2D eigenvalue weighted by Gasteiger charge is -2.15. The van der Waals surface area contributed by atoms with Crippen molar-refractivity contribution in [2.24, 2.45) is 0 Å². The monoisotopic (exact) mass is 301 g/mol. The van der Waals surface area contributed by atoms with Crippen molar-refractivity contribution in [3.63, 3.8) is 0 Å². The highest BCUT2D eigenvalue weighted by Gasteiger charge is 2.24. The summed E-state index contributed by atoms with van der Waals surface area (Å²) in [5.74, 6) is 0.168. The van der Waals surface area contributed by atoms with Crippen molar-refractivity contribution in [3.05, 3.63) is 34.3 Å². The largest absolute Gasteiger partial charge is 0.341 e. The van der Waals surface area contributed by atoms with Gasteiger partial charge in [-0.3, -0.25) is 4.79 Å². The molecule has 1 aliphatic heterocycles. The molecule has 1 atom stereocenters. The SMILES string of the molecule is O=C(Cc1cccc(Br)c1)N1CCC(Cl)C1. The summed E-state index contributed by atoms with van der Waals surface area (Å²) in [5.41, 5.74) is 1.04. The summed E-state index contributed by atoms with van der Waals surface area (Å²) in [6.45, 7) is 1.48. The number of nitrogens with zero attached hydrogens (tertiary/aromatic N) is 1. The molecule has 0 aromatic heterocycles. The van der Waals surface area contributed by atoms with E-state index in [-0.39, 0.29) is 11.3 Å². The van der Waals surface area contributed by atoms with E-state index in [1.165, 1.54) is 0 Å². The zero-order chi connectivity index (χ0) is 11.5. The van der Waals surface area contributed by atoms with Gasteiger partial charge in [0.25, 0.3) is 0 Å². The van der Waals surface area contributed by atoms with Crippen molar-refractivity contribution in [3.8, 4) is 0 Å². The maximum absolute atomic E-state index is 11.9. The number of carbonyl (C=O) groups is 1. The lowest BCUT2D eigenvalue weighted by Crippen LogP contribution is -2.30. The summed E-state index contributed by atoms with van der Waals surface area (Å²) in [6.07, 6.45) is 1.37. The van der Waals surface area contributed by atoms with Crippen molar-refractivity contribution >= 4 is 33.4 Å². The summed E-state index contributed by atoms with van der Waals surface area (Å²) >= 11 is 9.38. The number of halogens is 2. The third kappa shape index (κ3) is 2.98. The van der Waals surface area contributed by atoms with Crippen LogP contribution in [0.1, 0.15) is 12.0 Å². The first-order chi connectivity index (χ1) is 7.65. The fraction of sp³-hybridized carbons (Fsp3) is 0.417. The van der Waals surface area contributed by atoms with Crippen molar-refractivity contribution in [2.75, 3.05) is 13.1 Å². The Morgan fingerprint density at radius 3 is 3.00 bits per heavy atom. The molecule has 1 amide bonds. The third-order valence-corrected chi connectivity index (χ3v) is 3.58. The zero-order valence-electron chi connectivity index (χ0n) is 8.83. The molecular formula is C12H13BrClNO. The zero-order valence-corrected chi connectivity index (χ0v) is 11.2. The van der Waals surface area contributed by atoms with Gasteiger partial charge in [0.2, 0.25) is 5.91 Å². The summed E-state index contributed by atoms with van der Waals surface area (Å²) in [5, 5.41) is 0.131. The molecule has 0 radical (unpaired) electrons. The smallest absolute Gasteiger partial charge is 0.227 e. The Labute approximate surface area is 109 Å². The van der Waals surface area contributed by atoms with Gasteiger partial charge in [0.05, 0.1) is 11.8 Å². The molecule has 1 aliphatic rings. The molecule has 1 unspecified atom stereocenters. The second-order valence-electron chi connectivity index (χ2n) is 4.03. The van der Waals surface area contributed by atoms with Crippen LogP contribution in [-0.4, -0.2) is 29.3 Å². The lowest BCUT2D eigenvalue weighted by molar-refractivity contribution is -0.129. The molecule has 1 heterocycles. The van der Waals surface area contributed by atoms with Gasteiger partial charge in [-0.15, -0.1) is 11.6 Å². The van der Waals surface area contributed by atoms with E-state index in [1.807, 2.05) is 29.2 Å². The van der Waals surface area contributed by atoms with E-state index in [0.717, 1.165) is 23.0 Å². The van der Waals surface area contributed by atoms with Crippen LogP contribution >= 0.6 is 27.5 Å². The minimum atomic E-state index is 0.131. The molecular weight excluding hydrogens is 289 g/mol. The molecule has 0 spiro atoms. The van der Waals surface area contributed by atoms with E-state index in [9.17, 15) is 4.79 Å². The maximum atomic E-state index is 11.9. The van der Waals surface area contributed by atoms with Crippen LogP contribution in [0, 0.1) is 0 Å². The average Bonchev–Trinajstić information content (AvgIpc) is 2.65. The predicted octanol–water partition coefficient (Wildman–Crippen LogP) is 2.83. The molecule has 1 aromatic rings. The highest BCUT2D eigenvalue weighted by atomic mass is 79.9. The molecule has 16 heavy (non-hydrogen) atoms. The third-order valence-electron chi connectivity index (χ3n) is 2.73. The number of alkyl halides is 1. The van der Waals surface area contributed by atoms with Gasteiger partial charge in [0.1, 0.15) is 0 Å². The molecule has 1 aromatic carbocycles. The second kappa shape index (κ2) is 5.19. The van der Waals surface area contributed by atoms with Gasteiger partial charge in [-0.2, -0.15) is 0 Å². The summed E-state index contributed by atoms with van der Waals surface area (Å²) in [4.78, 5) is 13.8. The van der Waals surface area contributed by atoms with E-state index >= 15 is 0 Å². The highest BCUT2D eigenvalue weighted by Crippen LogP contribution is 2.17. The van der Waals surface area contributed by atoms with Crippen LogP contribution in [-0.2, 0) is 11.2 Å². The minimum Gasteiger partial charge on any atom is -0.341 e. The van der Waals surface area contributed by atoms with E-state index in [4.69, 9.17) is 11.6 Å². The van der Waals surface area contributed by atoms with Crippen LogP contribution in [0.25, 0.3) is 0 Å². The van der Waals surface area contributed by atoms with Crippen molar-refractivity contribution < 1.29 is 4.79 Å². The van der Waals surface area contributed by atoms with Crippen LogP contribution in [0.15, 0.2) is 28.7 Å². The Balaban J connectivity index is 1.97. The van der Waals surface area contributed by atoms with E-state index < -0.39 is 0 Å². The first kappa shape index (κ1) is 11.9. The number of amides is 1. The Morgan fingerprint density at radius 1 is 1.56 bits per heavy atom. The van der Waals surface area contributed by atoms with Crippen LogP contribution in [0.4, 0.5) is 0 Å². The Bertz CT molecular complexity index is 396. The van der Waals surface area contributed by atoms with Gasteiger partial charge in [0, 0.05) is 17.6 Å². The van der Waals surface area contributed by atoms with E-state index in [2.05, 4.69) is 15.9 Å². The van der Waals surface area contributed by atoms with Gasteiger partial charge in [-0.05, 0) is 24.1 Å². The van der Waals surface area contributed by atoms with Crippen molar-refractivity contribution in [1.29, 1.82) is 0 Å². The first-order valence-electron chi connectivity index (χ1n) is 5.31. The summed E-state index contributed by atoms with van der Waals surface area (Å²) in [7, 11) is 0. The molecule has 0 bridgehead atoms. The normalized spacial score (nSPS) is 20.1. The number of benzene rings is 1. The van der Waals surface area contributed by atoms with Crippen LogP contribution in [0.3, 0.4) is 0 Å². The van der Waals surface area contributed by atoms with Crippen LogP contribution in [0.2, 0.25) is 0 Å². The minimum absolute atomic E-state index is 0.131. The van der Waals surface area contributed by atoms with Crippen LogP contribution < -0.4 is 0 Å². The molecule has 0 saturated carbocycles. The highest BCUT2D eigenvalue weighted by molar-refractivity contribution is 9.10. The fourth-order valence-corrected chi connectivity index (χ4v) is 2.59. The number of likely N-dealkylation sites (tertiary alicyclic amines) is 1. The first-order valence-corrected chi connectivity index (χ1v) is 6.54. The van der Waals surface area contributed by atoms with Gasteiger partial charge < -0.3 is 4.90 Å². The number of hydrogen-bond acceptors (Lipinski definition) is 1. The molecule has 4 heteroatoms. The van der Waals surface area contributed by atoms with E-state index in [1.54, 1.807) is 0 Å². The lowest BCUT2D eigenvalue weighted by atomic mass is 10.1. The molecule has 86 valence electrons. The standard InChI is InChI=1S/C12H13BrClNO/c13-10-3-1-2-9(6-10)7-12(16)15-5-4-11(14)8-15/h1-3,6,11H,4-5,7-8H2. The quantitative estimate of drug-likeness (QED) is 0.769. The Kier molecular flexibility index (Phi) is 3.87. The fourth-order valence-electron chi connectivity index (χ4n) is 1.88. The van der Waals surface area contributed by atoms with Crippen LogP contribution in [0.5, 0.6) is 0 Å². The van der Waals surface area contributed by atoms with E-state index in [0.29, 0.717) is 13.0 Å². The summed E-state index contributed by atoms with van der Waals surface area (Å²) in [6, 6.07) is 7.85. The second-order valence-corrected chi connectivity index (χ2v) is 5.57. The molecule has 2 rings (SSSR count). The van der Waals surface area contributed by atoms with Gasteiger partial charge >= 0.3 is 0 Å². The number of hydrogen-bond donors (Lipinski definition) is 0. The Morgan fingerprint density at radius 2 is 2.38 bits per heavy atom. The topological polar surface area (TPSA) is 20.3 Å². The molecule has 1 fully saturated rings.